The lowest BCUT2D eigenvalue weighted by Gasteiger charge is -2.24. The van der Waals surface area contributed by atoms with Crippen molar-refractivity contribution in [3.63, 3.8) is 0 Å². The van der Waals surface area contributed by atoms with Crippen LogP contribution in [-0.4, -0.2) is 45.3 Å². The van der Waals surface area contributed by atoms with E-state index in [9.17, 15) is 22.7 Å². The summed E-state index contributed by atoms with van der Waals surface area (Å²) in [5, 5.41) is 13.1. The number of fused-ring (bicyclic) bond motifs is 3. The van der Waals surface area contributed by atoms with Gasteiger partial charge in [-0.1, -0.05) is 13.0 Å². The van der Waals surface area contributed by atoms with Crippen molar-refractivity contribution in [3.05, 3.63) is 52.8 Å². The number of carboxylic acid groups (broad SMARTS) is 1. The van der Waals surface area contributed by atoms with Gasteiger partial charge in [-0.05, 0) is 61.6 Å². The first-order chi connectivity index (χ1) is 16.3. The molecule has 1 aliphatic carbocycles. The minimum atomic E-state index is -4.27. The molecule has 3 aliphatic rings. The third kappa shape index (κ3) is 4.25. The lowest BCUT2D eigenvalue weighted by molar-refractivity contribution is -0.00610. The Bertz CT molecular complexity index is 1230. The number of aromatic carboxylic acids is 1. The predicted octanol–water partition coefficient (Wildman–Crippen LogP) is 3.65. The fourth-order valence-electron chi connectivity index (χ4n) is 4.93. The molecule has 0 bridgehead atoms. The molecule has 5 rings (SSSR count). The van der Waals surface area contributed by atoms with E-state index in [4.69, 9.17) is 9.47 Å². The highest BCUT2D eigenvalue weighted by atomic mass is 32.2. The Morgan fingerprint density at radius 3 is 2.88 bits per heavy atom. The number of halogens is 1. The van der Waals surface area contributed by atoms with Crippen molar-refractivity contribution in [2.75, 3.05) is 24.4 Å². The molecular formula is C24H27FN2O6S. The molecule has 2 unspecified atom stereocenters. The number of carboxylic acids is 1. The number of hydrogen-bond acceptors (Lipinski definition) is 6. The maximum absolute atomic E-state index is 14.2. The maximum atomic E-state index is 14.2. The molecule has 1 saturated heterocycles. The predicted molar refractivity (Wildman–Crippen MR) is 122 cm³/mol. The number of carbonyl (C=O) groups is 1. The van der Waals surface area contributed by atoms with Crippen LogP contribution < -0.4 is 14.8 Å². The summed E-state index contributed by atoms with van der Waals surface area (Å²) >= 11 is 0. The summed E-state index contributed by atoms with van der Waals surface area (Å²) in [5.41, 5.74) is 0.697. The molecule has 0 aromatic heterocycles. The van der Waals surface area contributed by atoms with Gasteiger partial charge in [0.25, 0.3) is 10.0 Å². The smallest absolute Gasteiger partial charge is 0.341 e. The Morgan fingerprint density at radius 2 is 2.18 bits per heavy atom. The lowest BCUT2D eigenvalue weighted by atomic mass is 10.0. The van der Waals surface area contributed by atoms with E-state index in [-0.39, 0.29) is 39.5 Å². The Kier molecular flexibility index (Phi) is 5.99. The number of nitrogens with one attached hydrogen (secondary N) is 2. The molecule has 34 heavy (non-hydrogen) atoms. The molecule has 2 aromatic carbocycles. The van der Waals surface area contributed by atoms with Gasteiger partial charge in [0, 0.05) is 18.0 Å². The first kappa shape index (κ1) is 23.1. The van der Waals surface area contributed by atoms with Gasteiger partial charge >= 0.3 is 5.97 Å². The van der Waals surface area contributed by atoms with Crippen LogP contribution in [0.5, 0.6) is 5.75 Å². The van der Waals surface area contributed by atoms with E-state index >= 15 is 0 Å². The van der Waals surface area contributed by atoms with Crippen molar-refractivity contribution in [3.8, 4) is 5.75 Å². The van der Waals surface area contributed by atoms with Gasteiger partial charge < -0.3 is 19.9 Å². The van der Waals surface area contributed by atoms with Gasteiger partial charge in [0.2, 0.25) is 0 Å². The molecule has 0 radical (unpaired) electrons. The summed E-state index contributed by atoms with van der Waals surface area (Å²) in [7, 11) is -4.27. The number of benzene rings is 2. The van der Waals surface area contributed by atoms with Crippen molar-refractivity contribution in [2.24, 2.45) is 5.92 Å². The minimum absolute atomic E-state index is 0.0883. The zero-order chi connectivity index (χ0) is 24.0. The first-order valence-corrected chi connectivity index (χ1v) is 13.0. The molecule has 0 amide bonds. The second-order valence-corrected chi connectivity index (χ2v) is 10.7. The zero-order valence-corrected chi connectivity index (χ0v) is 19.5. The standard InChI is InChI=1S/C24H27FN2O6S/c1-2-20(33-15-7-8-26-11-15)18-10-14(25)3-6-21(18)34(30,31)27-19-5-4-16-17-9-13(17)12-32-23(16)22(19)24(28)29/h3-6,10,13,15,17,20,26-27H,2,7-9,11-12H2,1H3,(H,28,29)/t13-,15?,17-,20?/m0/s1. The number of ether oxygens (including phenoxy) is 2. The Labute approximate surface area is 197 Å². The van der Waals surface area contributed by atoms with Gasteiger partial charge in [0.1, 0.15) is 17.1 Å². The van der Waals surface area contributed by atoms with E-state index in [2.05, 4.69) is 10.0 Å². The molecule has 1 saturated carbocycles. The second kappa shape index (κ2) is 8.83. The van der Waals surface area contributed by atoms with Gasteiger partial charge in [-0.2, -0.15) is 0 Å². The van der Waals surface area contributed by atoms with Crippen LogP contribution in [0.3, 0.4) is 0 Å². The molecular weight excluding hydrogens is 463 g/mol. The Balaban J connectivity index is 1.51. The van der Waals surface area contributed by atoms with Crippen molar-refractivity contribution in [1.82, 2.24) is 5.32 Å². The van der Waals surface area contributed by atoms with Crippen LogP contribution in [0.25, 0.3) is 0 Å². The molecule has 3 N–H and O–H groups in total. The molecule has 182 valence electrons. The summed E-state index contributed by atoms with van der Waals surface area (Å²) in [6.45, 7) is 3.71. The quantitative estimate of drug-likeness (QED) is 0.518. The number of rotatable bonds is 8. The van der Waals surface area contributed by atoms with Crippen molar-refractivity contribution < 1.29 is 32.2 Å². The Morgan fingerprint density at radius 1 is 1.35 bits per heavy atom. The van der Waals surface area contributed by atoms with Gasteiger partial charge in [-0.15, -0.1) is 0 Å². The molecule has 2 aliphatic heterocycles. The molecule has 10 heteroatoms. The molecule has 2 heterocycles. The largest absolute Gasteiger partial charge is 0.492 e. The summed E-state index contributed by atoms with van der Waals surface area (Å²) in [6, 6.07) is 6.62. The molecule has 4 atom stereocenters. The van der Waals surface area contributed by atoms with Gasteiger partial charge in [-0.3, -0.25) is 4.72 Å². The normalized spacial score (nSPS) is 24.0. The summed E-state index contributed by atoms with van der Waals surface area (Å²) in [6.07, 6.45) is 1.43. The third-order valence-electron chi connectivity index (χ3n) is 6.76. The molecule has 8 nitrogen and oxygen atoms in total. The van der Waals surface area contributed by atoms with E-state index < -0.39 is 27.9 Å². The van der Waals surface area contributed by atoms with E-state index in [1.54, 1.807) is 6.07 Å². The lowest BCUT2D eigenvalue weighted by Crippen LogP contribution is -2.23. The van der Waals surface area contributed by atoms with Gasteiger partial charge in [0.05, 0.1) is 29.4 Å². The van der Waals surface area contributed by atoms with Crippen LogP contribution in [0, 0.1) is 11.7 Å². The minimum Gasteiger partial charge on any atom is -0.492 e. The number of hydrogen-bond donors (Lipinski definition) is 3. The molecule has 0 spiro atoms. The summed E-state index contributed by atoms with van der Waals surface area (Å²) in [4.78, 5) is 12.0. The second-order valence-electron chi connectivity index (χ2n) is 9.06. The number of sulfonamides is 1. The van der Waals surface area contributed by atoms with E-state index in [1.807, 2.05) is 6.92 Å². The average Bonchev–Trinajstić information content (AvgIpc) is 3.42. The summed E-state index contributed by atoms with van der Waals surface area (Å²) < 4.78 is 55.4. The monoisotopic (exact) mass is 490 g/mol. The topological polar surface area (TPSA) is 114 Å². The van der Waals surface area contributed by atoms with Crippen molar-refractivity contribution >= 4 is 21.7 Å². The SMILES string of the molecule is CCC(OC1CCNC1)c1cc(F)ccc1S(=O)(=O)Nc1ccc2c(c1C(=O)O)OC[C@@H]1C[C@H]21. The van der Waals surface area contributed by atoms with Crippen LogP contribution in [0.15, 0.2) is 35.2 Å². The molecule has 2 fully saturated rings. The van der Waals surface area contributed by atoms with E-state index in [1.165, 1.54) is 18.2 Å². The highest BCUT2D eigenvalue weighted by molar-refractivity contribution is 7.92. The van der Waals surface area contributed by atoms with E-state index in [0.717, 1.165) is 31.0 Å². The van der Waals surface area contributed by atoms with Crippen LogP contribution in [0.1, 0.15) is 59.7 Å². The van der Waals surface area contributed by atoms with Crippen LogP contribution in [-0.2, 0) is 14.8 Å². The average molecular weight is 491 g/mol. The number of anilines is 1. The summed E-state index contributed by atoms with van der Waals surface area (Å²) in [5.74, 6) is -0.998. The molecule has 2 aromatic rings. The van der Waals surface area contributed by atoms with E-state index in [0.29, 0.717) is 25.5 Å². The third-order valence-corrected chi connectivity index (χ3v) is 8.20. The van der Waals surface area contributed by atoms with Gasteiger partial charge in [0.15, 0.2) is 0 Å². The highest BCUT2D eigenvalue weighted by Gasteiger charge is 2.45. The van der Waals surface area contributed by atoms with Crippen LogP contribution in [0.4, 0.5) is 10.1 Å². The Hall–Kier alpha value is -2.69. The van der Waals surface area contributed by atoms with Crippen molar-refractivity contribution in [1.29, 1.82) is 0 Å². The van der Waals surface area contributed by atoms with Gasteiger partial charge in [-0.25, -0.2) is 17.6 Å². The zero-order valence-electron chi connectivity index (χ0n) is 18.7. The fourth-order valence-corrected chi connectivity index (χ4v) is 6.25. The van der Waals surface area contributed by atoms with Crippen molar-refractivity contribution in [2.45, 2.75) is 49.2 Å². The highest BCUT2D eigenvalue weighted by Crippen LogP contribution is 2.55. The maximum Gasteiger partial charge on any atom is 0.341 e. The van der Waals surface area contributed by atoms with Crippen LogP contribution >= 0.6 is 0 Å². The first-order valence-electron chi connectivity index (χ1n) is 11.5. The van der Waals surface area contributed by atoms with Crippen LogP contribution in [0.2, 0.25) is 0 Å². The fraction of sp³-hybridized carbons (Fsp3) is 0.458.